The van der Waals surface area contributed by atoms with Crippen LogP contribution in [-0.4, -0.2) is 47.8 Å². The number of hydrogen-bond acceptors (Lipinski definition) is 6. The van der Waals surface area contributed by atoms with Crippen molar-refractivity contribution in [2.75, 3.05) is 19.8 Å². The maximum Gasteiger partial charge on any atom is 0.472 e. The number of aliphatic hydroxyl groups excluding tert-OH is 1. The first-order valence-electron chi connectivity index (χ1n) is 16.6. The van der Waals surface area contributed by atoms with Crippen molar-refractivity contribution in [1.82, 2.24) is 5.32 Å². The monoisotopic (exact) mass is 636 g/mol. The molecule has 9 heteroatoms. The van der Waals surface area contributed by atoms with Gasteiger partial charge < -0.3 is 21.1 Å². The van der Waals surface area contributed by atoms with Crippen LogP contribution in [-0.2, 0) is 18.4 Å². The Kier molecular flexibility index (Phi) is 29.5. The highest BCUT2D eigenvalue weighted by Gasteiger charge is 2.26. The zero-order valence-corrected chi connectivity index (χ0v) is 28.3. The second-order valence-corrected chi connectivity index (χ2v) is 12.1. The number of rotatable bonds is 29. The Hall–Kier alpha value is -2.06. The fourth-order valence-electron chi connectivity index (χ4n) is 4.08. The van der Waals surface area contributed by atoms with Crippen molar-refractivity contribution in [3.05, 3.63) is 72.9 Å². The summed E-state index contributed by atoms with van der Waals surface area (Å²) >= 11 is 0. The predicted octanol–water partition coefficient (Wildman–Crippen LogP) is 8.15. The summed E-state index contributed by atoms with van der Waals surface area (Å²) in [4.78, 5) is 22.4. The highest BCUT2D eigenvalue weighted by molar-refractivity contribution is 7.47. The zero-order chi connectivity index (χ0) is 32.6. The number of carbonyl (C=O) groups excluding carboxylic acids is 1. The van der Waals surface area contributed by atoms with E-state index in [-0.39, 0.29) is 32.1 Å². The van der Waals surface area contributed by atoms with Gasteiger partial charge in [0.15, 0.2) is 0 Å². The van der Waals surface area contributed by atoms with E-state index in [9.17, 15) is 19.4 Å². The van der Waals surface area contributed by atoms with E-state index in [4.69, 9.17) is 14.8 Å². The quantitative estimate of drug-likeness (QED) is 0.0370. The van der Waals surface area contributed by atoms with Crippen LogP contribution in [0.2, 0.25) is 0 Å². The van der Waals surface area contributed by atoms with Gasteiger partial charge in [-0.3, -0.25) is 13.8 Å². The second kappa shape index (κ2) is 30.9. The number of nitrogens with one attached hydrogen (secondary N) is 1. The molecule has 3 atom stereocenters. The molecule has 0 aliphatic rings. The van der Waals surface area contributed by atoms with Crippen LogP contribution in [0.25, 0.3) is 0 Å². The van der Waals surface area contributed by atoms with Crippen molar-refractivity contribution in [1.29, 1.82) is 0 Å². The molecule has 0 fully saturated rings. The summed E-state index contributed by atoms with van der Waals surface area (Å²) in [7, 11) is -4.35. The normalized spacial score (nSPS) is 15.5. The van der Waals surface area contributed by atoms with E-state index in [1.165, 1.54) is 38.5 Å². The van der Waals surface area contributed by atoms with Crippen molar-refractivity contribution in [3.8, 4) is 0 Å². The first-order chi connectivity index (χ1) is 21.4. The van der Waals surface area contributed by atoms with Crippen LogP contribution in [0, 0.1) is 0 Å². The van der Waals surface area contributed by atoms with Crippen LogP contribution in [0.5, 0.6) is 0 Å². The molecule has 5 N–H and O–H groups in total. The molecule has 0 bridgehead atoms. The summed E-state index contributed by atoms with van der Waals surface area (Å²) in [6.07, 6.45) is 38.3. The lowest BCUT2D eigenvalue weighted by Crippen LogP contribution is -2.45. The van der Waals surface area contributed by atoms with Crippen molar-refractivity contribution in [3.63, 3.8) is 0 Å². The Morgan fingerprint density at radius 3 is 1.84 bits per heavy atom. The molecule has 3 unspecified atom stereocenters. The lowest BCUT2D eigenvalue weighted by Gasteiger charge is -2.23. The minimum absolute atomic E-state index is 0.0609. The molecule has 0 saturated heterocycles. The van der Waals surface area contributed by atoms with Gasteiger partial charge in [0.1, 0.15) is 0 Å². The van der Waals surface area contributed by atoms with E-state index in [1.807, 2.05) is 18.2 Å². The third kappa shape index (κ3) is 28.7. The summed E-state index contributed by atoms with van der Waals surface area (Å²) in [5, 5.41) is 13.4. The number of phosphoric ester groups is 1. The average molecular weight is 637 g/mol. The van der Waals surface area contributed by atoms with Crippen molar-refractivity contribution in [2.24, 2.45) is 5.73 Å². The summed E-state index contributed by atoms with van der Waals surface area (Å²) < 4.78 is 21.9. The van der Waals surface area contributed by atoms with E-state index in [0.717, 1.165) is 44.9 Å². The fourth-order valence-corrected chi connectivity index (χ4v) is 4.84. The Morgan fingerprint density at radius 1 is 0.773 bits per heavy atom. The molecule has 0 aromatic rings. The third-order valence-electron chi connectivity index (χ3n) is 6.57. The molecular weight excluding hydrogens is 575 g/mol. The summed E-state index contributed by atoms with van der Waals surface area (Å²) in [6, 6.07) is -0.915. The van der Waals surface area contributed by atoms with Crippen molar-refractivity contribution < 1.29 is 28.4 Å². The van der Waals surface area contributed by atoms with Gasteiger partial charge in [0.25, 0.3) is 0 Å². The van der Waals surface area contributed by atoms with Crippen LogP contribution in [0.15, 0.2) is 72.9 Å². The smallest absolute Gasteiger partial charge is 0.387 e. The molecular formula is C35H61N2O6P. The number of nitrogens with two attached hydrogens (primary N) is 1. The van der Waals surface area contributed by atoms with Gasteiger partial charge >= 0.3 is 7.82 Å². The zero-order valence-electron chi connectivity index (χ0n) is 27.4. The maximum atomic E-state index is 12.6. The van der Waals surface area contributed by atoms with Gasteiger partial charge in [-0.2, -0.15) is 0 Å². The van der Waals surface area contributed by atoms with E-state index < -0.39 is 20.0 Å². The van der Waals surface area contributed by atoms with Crippen LogP contribution in [0.1, 0.15) is 110 Å². The Bertz CT molecular complexity index is 913. The summed E-state index contributed by atoms with van der Waals surface area (Å²) in [5.74, 6) is -0.328. The van der Waals surface area contributed by atoms with E-state index in [0.29, 0.717) is 6.42 Å². The molecule has 8 nitrogen and oxygen atoms in total. The van der Waals surface area contributed by atoms with Gasteiger partial charge in [-0.05, 0) is 44.9 Å². The number of hydrogen-bond donors (Lipinski definition) is 4. The van der Waals surface area contributed by atoms with Crippen molar-refractivity contribution in [2.45, 2.75) is 122 Å². The molecule has 252 valence electrons. The van der Waals surface area contributed by atoms with Gasteiger partial charge in [0.05, 0.1) is 25.4 Å². The maximum absolute atomic E-state index is 12.6. The van der Waals surface area contributed by atoms with Gasteiger partial charge in [-0.15, -0.1) is 0 Å². The largest absolute Gasteiger partial charge is 0.472 e. The Morgan fingerprint density at radius 2 is 1.30 bits per heavy atom. The fraction of sp³-hybridized carbons (Fsp3) is 0.629. The molecule has 1 amide bonds. The molecule has 0 aliphatic heterocycles. The average Bonchev–Trinajstić information content (AvgIpc) is 3.01. The standard InChI is InChI=1S/C35H61N2O6P/c1-3-5-7-9-11-13-15-16-17-18-19-21-23-25-27-29-35(39)37-33(32-43-44(40,41)42-31-30-36)34(38)28-26-24-22-20-14-12-10-8-6-4-2/h5,7,11,13,16-17,19,21,25-28,33-34,38H,3-4,6,8-10,12,14-15,18,20,22-24,29-32,36H2,1-2H3,(H,37,39)(H,40,41)/b7-5-,13-11-,17-16-,21-19-,27-25-,28-26+. The first-order valence-corrected chi connectivity index (χ1v) is 18.1. The molecule has 0 radical (unpaired) electrons. The Labute approximate surface area is 267 Å². The molecule has 0 spiro atoms. The highest BCUT2D eigenvalue weighted by Crippen LogP contribution is 2.43. The third-order valence-corrected chi connectivity index (χ3v) is 7.55. The van der Waals surface area contributed by atoms with Gasteiger partial charge in [0, 0.05) is 13.0 Å². The SMILES string of the molecule is CC/C=C\C/C=C\C/C=C\C/C=C\C/C=C\CC(=O)NC(COP(=O)(O)OCCN)C(O)/C=C/CCCCCCCCCC. The predicted molar refractivity (Wildman–Crippen MR) is 184 cm³/mol. The number of phosphoric acid groups is 1. The lowest BCUT2D eigenvalue weighted by atomic mass is 10.1. The topological polar surface area (TPSA) is 131 Å². The number of carbonyl (C=O) groups is 1. The van der Waals surface area contributed by atoms with E-state index in [2.05, 4.69) is 61.7 Å². The number of amides is 1. The second-order valence-electron chi connectivity index (χ2n) is 10.7. The molecule has 0 rings (SSSR count). The van der Waals surface area contributed by atoms with Crippen molar-refractivity contribution >= 4 is 13.7 Å². The molecule has 0 saturated carbocycles. The lowest BCUT2D eigenvalue weighted by molar-refractivity contribution is -0.122. The van der Waals surface area contributed by atoms with Gasteiger partial charge in [0.2, 0.25) is 5.91 Å². The van der Waals surface area contributed by atoms with Crippen LogP contribution in [0.3, 0.4) is 0 Å². The molecule has 44 heavy (non-hydrogen) atoms. The van der Waals surface area contributed by atoms with Gasteiger partial charge in [-0.1, -0.05) is 132 Å². The highest BCUT2D eigenvalue weighted by atomic mass is 31.2. The van der Waals surface area contributed by atoms with E-state index in [1.54, 1.807) is 12.2 Å². The van der Waals surface area contributed by atoms with Crippen LogP contribution >= 0.6 is 7.82 Å². The Balaban J connectivity index is 4.59. The molecule has 0 aliphatic carbocycles. The molecule has 0 aromatic heterocycles. The molecule has 0 heterocycles. The van der Waals surface area contributed by atoms with Crippen LogP contribution < -0.4 is 11.1 Å². The number of allylic oxidation sites excluding steroid dienone is 10. The minimum atomic E-state index is -4.35. The number of aliphatic hydroxyl groups is 1. The van der Waals surface area contributed by atoms with Crippen LogP contribution in [0.4, 0.5) is 0 Å². The summed E-state index contributed by atoms with van der Waals surface area (Å²) in [5.41, 5.74) is 5.32. The first kappa shape index (κ1) is 41.9. The minimum Gasteiger partial charge on any atom is -0.387 e. The summed E-state index contributed by atoms with van der Waals surface area (Å²) in [6.45, 7) is 3.87. The van der Waals surface area contributed by atoms with E-state index >= 15 is 0 Å². The van der Waals surface area contributed by atoms with Gasteiger partial charge in [-0.25, -0.2) is 4.57 Å². The molecule has 0 aromatic carbocycles. The number of unbranched alkanes of at least 4 members (excludes halogenated alkanes) is 8.